The van der Waals surface area contributed by atoms with Gasteiger partial charge >= 0.3 is 0 Å². The molecule has 0 bridgehead atoms. The van der Waals surface area contributed by atoms with Crippen LogP contribution in [0.3, 0.4) is 0 Å². The number of para-hydroxylation sites is 1. The Balaban J connectivity index is 1.59. The van der Waals surface area contributed by atoms with E-state index in [1.165, 1.54) is 12.4 Å². The number of rotatable bonds is 5. The number of amides is 1. The maximum absolute atomic E-state index is 13.7. The van der Waals surface area contributed by atoms with E-state index in [2.05, 4.69) is 25.6 Å². The molecular weight excluding hydrogens is 309 g/mol. The van der Waals surface area contributed by atoms with Crippen LogP contribution in [-0.4, -0.2) is 27.4 Å². The highest BCUT2D eigenvalue weighted by molar-refractivity contribution is 5.91. The van der Waals surface area contributed by atoms with Crippen LogP contribution in [0, 0.1) is 12.7 Å². The molecule has 2 N–H and O–H groups in total. The number of pyridine rings is 1. The molecule has 0 saturated heterocycles. The number of carbonyl (C=O) groups excluding carboxylic acids is 1. The minimum Gasteiger partial charge on any atom is -0.369 e. The number of fused-ring (bicyclic) bond motifs is 1. The van der Waals surface area contributed by atoms with Crippen molar-refractivity contribution in [2.75, 3.05) is 17.2 Å². The van der Waals surface area contributed by atoms with Crippen molar-refractivity contribution in [2.45, 2.75) is 13.3 Å². The van der Waals surface area contributed by atoms with E-state index in [0.717, 1.165) is 5.56 Å². The highest BCUT2D eigenvalue weighted by Crippen LogP contribution is 2.21. The Kier molecular flexibility index (Phi) is 4.60. The molecule has 0 saturated carbocycles. The van der Waals surface area contributed by atoms with E-state index in [1.54, 1.807) is 24.4 Å². The zero-order valence-corrected chi connectivity index (χ0v) is 13.1. The van der Waals surface area contributed by atoms with Gasteiger partial charge in [0, 0.05) is 24.5 Å². The monoisotopic (exact) mass is 325 g/mol. The molecule has 7 heteroatoms. The lowest BCUT2D eigenvalue weighted by molar-refractivity contribution is -0.116. The average Bonchev–Trinajstić information content (AvgIpc) is 2.58. The van der Waals surface area contributed by atoms with Gasteiger partial charge in [-0.05, 0) is 30.7 Å². The van der Waals surface area contributed by atoms with Gasteiger partial charge in [0.1, 0.15) is 29.3 Å². The average molecular weight is 325 g/mol. The number of aryl methyl sites for hydroxylation is 1. The molecule has 0 aliphatic rings. The summed E-state index contributed by atoms with van der Waals surface area (Å²) in [5.41, 5.74) is 1.28. The minimum absolute atomic E-state index is 0.164. The van der Waals surface area contributed by atoms with Gasteiger partial charge in [-0.3, -0.25) is 4.79 Å². The van der Waals surface area contributed by atoms with E-state index in [-0.39, 0.29) is 17.8 Å². The van der Waals surface area contributed by atoms with Crippen molar-refractivity contribution in [2.24, 2.45) is 0 Å². The maximum atomic E-state index is 13.7. The predicted molar refractivity (Wildman–Crippen MR) is 90.2 cm³/mol. The van der Waals surface area contributed by atoms with Crippen molar-refractivity contribution in [1.29, 1.82) is 0 Å². The summed E-state index contributed by atoms with van der Waals surface area (Å²) in [6.07, 6.45) is 3.22. The van der Waals surface area contributed by atoms with E-state index in [1.807, 2.05) is 13.0 Å². The zero-order chi connectivity index (χ0) is 16.9. The highest BCUT2D eigenvalue weighted by Gasteiger charge is 2.08. The lowest BCUT2D eigenvalue weighted by Crippen LogP contribution is -2.17. The fraction of sp³-hybridized carbons (Fsp3) is 0.176. The summed E-state index contributed by atoms with van der Waals surface area (Å²) in [6, 6.07) is 8.31. The first-order valence-electron chi connectivity index (χ1n) is 7.49. The molecule has 0 fully saturated rings. The van der Waals surface area contributed by atoms with Crippen LogP contribution in [0.1, 0.15) is 12.0 Å². The molecule has 122 valence electrons. The second-order valence-corrected chi connectivity index (χ2v) is 5.30. The molecule has 3 aromatic rings. The largest absolute Gasteiger partial charge is 0.369 e. The van der Waals surface area contributed by atoms with E-state index < -0.39 is 5.82 Å². The summed E-state index contributed by atoms with van der Waals surface area (Å²) in [5, 5.41) is 6.34. The summed E-state index contributed by atoms with van der Waals surface area (Å²) in [5.74, 6) is 0.449. The van der Waals surface area contributed by atoms with Crippen LogP contribution in [0.25, 0.3) is 10.9 Å². The summed E-state index contributed by atoms with van der Waals surface area (Å²) in [7, 11) is 0. The van der Waals surface area contributed by atoms with Crippen molar-refractivity contribution in [3.63, 3.8) is 0 Å². The van der Waals surface area contributed by atoms with Gasteiger partial charge in [0.05, 0.1) is 0 Å². The first-order chi connectivity index (χ1) is 11.6. The van der Waals surface area contributed by atoms with Gasteiger partial charge in [0.25, 0.3) is 0 Å². The quantitative estimate of drug-likeness (QED) is 0.754. The van der Waals surface area contributed by atoms with Gasteiger partial charge in [-0.15, -0.1) is 0 Å². The van der Waals surface area contributed by atoms with Crippen molar-refractivity contribution < 1.29 is 9.18 Å². The third-order valence-electron chi connectivity index (χ3n) is 3.44. The van der Waals surface area contributed by atoms with Crippen LogP contribution in [0.2, 0.25) is 0 Å². The van der Waals surface area contributed by atoms with Crippen molar-refractivity contribution in [3.05, 3.63) is 54.2 Å². The molecule has 0 aliphatic carbocycles. The Morgan fingerprint density at radius 3 is 2.83 bits per heavy atom. The molecule has 1 amide bonds. The number of nitrogens with one attached hydrogen (secondary N) is 2. The summed E-state index contributed by atoms with van der Waals surface area (Å²) < 4.78 is 13.7. The second kappa shape index (κ2) is 6.99. The normalized spacial score (nSPS) is 10.6. The lowest BCUT2D eigenvalue weighted by Gasteiger charge is -2.09. The molecule has 0 radical (unpaired) electrons. The number of hydrogen-bond acceptors (Lipinski definition) is 5. The summed E-state index contributed by atoms with van der Waals surface area (Å²) in [6.45, 7) is 2.29. The molecule has 1 aromatic carbocycles. The van der Waals surface area contributed by atoms with E-state index in [9.17, 15) is 9.18 Å². The Hall–Kier alpha value is -3.09. The molecule has 0 spiro atoms. The van der Waals surface area contributed by atoms with Gasteiger partial charge in [-0.25, -0.2) is 19.3 Å². The second-order valence-electron chi connectivity index (χ2n) is 5.30. The van der Waals surface area contributed by atoms with Gasteiger partial charge in [0.2, 0.25) is 5.91 Å². The zero-order valence-electron chi connectivity index (χ0n) is 13.1. The van der Waals surface area contributed by atoms with E-state index in [4.69, 9.17) is 0 Å². The SMILES string of the molecule is Cc1ccc(NC(=O)CCNc2ncnc3c(F)cccc23)nc1. The summed E-state index contributed by atoms with van der Waals surface area (Å²) in [4.78, 5) is 24.1. The van der Waals surface area contributed by atoms with E-state index >= 15 is 0 Å². The Labute approximate surface area is 138 Å². The Morgan fingerprint density at radius 2 is 2.04 bits per heavy atom. The van der Waals surface area contributed by atoms with Crippen LogP contribution >= 0.6 is 0 Å². The summed E-state index contributed by atoms with van der Waals surface area (Å²) >= 11 is 0. The van der Waals surface area contributed by atoms with Gasteiger partial charge in [0.15, 0.2) is 0 Å². The Morgan fingerprint density at radius 1 is 1.17 bits per heavy atom. The molecule has 3 rings (SSSR count). The van der Waals surface area contributed by atoms with Gasteiger partial charge in [-0.1, -0.05) is 12.1 Å². The van der Waals surface area contributed by atoms with Crippen LogP contribution in [0.5, 0.6) is 0 Å². The molecule has 0 unspecified atom stereocenters. The van der Waals surface area contributed by atoms with Crippen LogP contribution in [0.15, 0.2) is 42.9 Å². The molecular formula is C17H16FN5O. The van der Waals surface area contributed by atoms with E-state index in [0.29, 0.717) is 23.6 Å². The van der Waals surface area contributed by atoms with Crippen LogP contribution in [0.4, 0.5) is 16.0 Å². The predicted octanol–water partition coefficient (Wildman–Crippen LogP) is 2.91. The number of benzene rings is 1. The number of aromatic nitrogens is 3. The van der Waals surface area contributed by atoms with Crippen molar-refractivity contribution >= 4 is 28.4 Å². The molecule has 0 atom stereocenters. The number of anilines is 2. The third kappa shape index (κ3) is 3.62. The standard InChI is InChI=1S/C17H16FN5O/c1-11-5-6-14(20-9-11)23-15(24)7-8-19-17-12-3-2-4-13(18)16(12)21-10-22-17/h2-6,9-10H,7-8H2,1H3,(H,19,21,22)(H,20,23,24). The fourth-order valence-electron chi connectivity index (χ4n) is 2.23. The minimum atomic E-state index is -0.402. The Bertz CT molecular complexity index is 866. The van der Waals surface area contributed by atoms with Crippen molar-refractivity contribution in [1.82, 2.24) is 15.0 Å². The van der Waals surface area contributed by atoms with Gasteiger partial charge < -0.3 is 10.6 Å². The third-order valence-corrected chi connectivity index (χ3v) is 3.44. The molecule has 0 aliphatic heterocycles. The molecule has 24 heavy (non-hydrogen) atoms. The number of hydrogen-bond donors (Lipinski definition) is 2. The smallest absolute Gasteiger partial charge is 0.227 e. The van der Waals surface area contributed by atoms with Crippen LogP contribution in [-0.2, 0) is 4.79 Å². The first kappa shape index (κ1) is 15.8. The number of carbonyl (C=O) groups is 1. The molecule has 2 aromatic heterocycles. The number of nitrogens with zero attached hydrogens (tertiary/aromatic N) is 3. The van der Waals surface area contributed by atoms with Crippen molar-refractivity contribution in [3.8, 4) is 0 Å². The molecule has 6 nitrogen and oxygen atoms in total. The maximum Gasteiger partial charge on any atom is 0.227 e. The lowest BCUT2D eigenvalue weighted by atomic mass is 10.2. The van der Waals surface area contributed by atoms with Crippen LogP contribution < -0.4 is 10.6 Å². The topological polar surface area (TPSA) is 79.8 Å². The first-order valence-corrected chi connectivity index (χ1v) is 7.49. The highest BCUT2D eigenvalue weighted by atomic mass is 19.1. The van der Waals surface area contributed by atoms with Gasteiger partial charge in [-0.2, -0.15) is 0 Å². The fourth-order valence-corrected chi connectivity index (χ4v) is 2.23. The number of halogens is 1. The molecule has 2 heterocycles.